The molecule has 1 aromatic carbocycles. The summed E-state index contributed by atoms with van der Waals surface area (Å²) in [4.78, 5) is 2.35. The summed E-state index contributed by atoms with van der Waals surface area (Å²) in [6.07, 6.45) is 2.61. The lowest BCUT2D eigenvalue weighted by Gasteiger charge is -2.46. The van der Waals surface area contributed by atoms with Crippen molar-refractivity contribution in [3.05, 3.63) is 35.4 Å². The fourth-order valence-electron chi connectivity index (χ4n) is 3.06. The molecule has 20 heavy (non-hydrogen) atoms. The Bertz CT molecular complexity index is 477. The molecule has 1 saturated carbocycles. The highest BCUT2D eigenvalue weighted by Crippen LogP contribution is 2.36. The van der Waals surface area contributed by atoms with E-state index in [-0.39, 0.29) is 5.54 Å². The molecule has 3 rings (SSSR count). The minimum atomic E-state index is -0.494. The third-order valence-electron chi connectivity index (χ3n) is 4.56. The van der Waals surface area contributed by atoms with E-state index in [4.69, 9.17) is 0 Å². The molecule has 0 spiro atoms. The van der Waals surface area contributed by atoms with Gasteiger partial charge in [0, 0.05) is 37.3 Å². The molecular formula is C16H22F2N2. The first-order valence-corrected chi connectivity index (χ1v) is 7.37. The molecule has 0 aromatic heterocycles. The van der Waals surface area contributed by atoms with Crippen molar-refractivity contribution in [2.24, 2.45) is 5.92 Å². The smallest absolute Gasteiger partial charge is 0.126 e. The van der Waals surface area contributed by atoms with Gasteiger partial charge in [0.25, 0.3) is 0 Å². The van der Waals surface area contributed by atoms with Gasteiger partial charge in [-0.1, -0.05) is 0 Å². The molecule has 1 heterocycles. The lowest BCUT2D eigenvalue weighted by molar-refractivity contribution is 0.0532. The average molecular weight is 280 g/mol. The Kier molecular flexibility index (Phi) is 3.55. The first-order chi connectivity index (χ1) is 9.44. The number of benzene rings is 1. The van der Waals surface area contributed by atoms with Crippen LogP contribution in [0, 0.1) is 17.6 Å². The highest BCUT2D eigenvalue weighted by Gasteiger charge is 2.40. The second-order valence-electron chi connectivity index (χ2n) is 6.80. The second kappa shape index (κ2) is 5.08. The maximum atomic E-state index is 13.3. The van der Waals surface area contributed by atoms with E-state index in [0.29, 0.717) is 18.2 Å². The Morgan fingerprint density at radius 3 is 2.45 bits per heavy atom. The van der Waals surface area contributed by atoms with Crippen molar-refractivity contribution in [2.45, 2.75) is 44.8 Å². The second-order valence-corrected chi connectivity index (χ2v) is 6.80. The normalized spacial score (nSPS) is 26.7. The fraction of sp³-hybridized carbons (Fsp3) is 0.625. The molecule has 4 heteroatoms. The number of hydrogen-bond donors (Lipinski definition) is 1. The van der Waals surface area contributed by atoms with Gasteiger partial charge in [-0.15, -0.1) is 0 Å². The summed E-state index contributed by atoms with van der Waals surface area (Å²) in [5, 5.41) is 3.62. The molecule has 1 aromatic rings. The molecule has 0 bridgehead atoms. The largest absolute Gasteiger partial charge is 0.311 e. The molecule has 2 nitrogen and oxygen atoms in total. The van der Waals surface area contributed by atoms with Gasteiger partial charge in [0.05, 0.1) is 0 Å². The summed E-state index contributed by atoms with van der Waals surface area (Å²) in [7, 11) is 0. The van der Waals surface area contributed by atoms with E-state index < -0.39 is 11.6 Å². The van der Waals surface area contributed by atoms with Gasteiger partial charge in [-0.25, -0.2) is 8.78 Å². The van der Waals surface area contributed by atoms with Crippen molar-refractivity contribution in [1.29, 1.82) is 0 Å². The predicted molar refractivity (Wildman–Crippen MR) is 75.4 cm³/mol. The zero-order valence-electron chi connectivity index (χ0n) is 12.1. The minimum absolute atomic E-state index is 0.00812. The van der Waals surface area contributed by atoms with Crippen molar-refractivity contribution < 1.29 is 8.78 Å². The number of halogens is 2. The van der Waals surface area contributed by atoms with Crippen LogP contribution in [0.15, 0.2) is 18.2 Å². The third-order valence-corrected chi connectivity index (χ3v) is 4.56. The monoisotopic (exact) mass is 280 g/mol. The summed E-state index contributed by atoms with van der Waals surface area (Å²) in [5.41, 5.74) is 0.723. The topological polar surface area (TPSA) is 15.3 Å². The predicted octanol–water partition coefficient (Wildman–Crippen LogP) is 2.93. The van der Waals surface area contributed by atoms with Gasteiger partial charge in [0.1, 0.15) is 11.6 Å². The molecule has 1 aliphatic carbocycles. The fourth-order valence-corrected chi connectivity index (χ4v) is 3.06. The lowest BCUT2D eigenvalue weighted by Crippen LogP contribution is -2.62. The van der Waals surface area contributed by atoms with Gasteiger partial charge in [-0.3, -0.25) is 4.90 Å². The average Bonchev–Trinajstić information content (AvgIpc) is 3.14. The Labute approximate surface area is 119 Å². The van der Waals surface area contributed by atoms with Crippen LogP contribution in [0.4, 0.5) is 8.78 Å². The Balaban J connectivity index is 1.75. The van der Waals surface area contributed by atoms with Crippen molar-refractivity contribution in [3.63, 3.8) is 0 Å². The number of hydrogen-bond acceptors (Lipinski definition) is 2. The molecule has 2 aliphatic rings. The van der Waals surface area contributed by atoms with Gasteiger partial charge in [-0.2, -0.15) is 0 Å². The van der Waals surface area contributed by atoms with Crippen LogP contribution in [-0.4, -0.2) is 29.6 Å². The van der Waals surface area contributed by atoms with E-state index in [1.54, 1.807) is 0 Å². The van der Waals surface area contributed by atoms with Crippen molar-refractivity contribution in [3.8, 4) is 0 Å². The third kappa shape index (κ3) is 3.01. The summed E-state index contributed by atoms with van der Waals surface area (Å²) < 4.78 is 26.6. The van der Waals surface area contributed by atoms with Crippen LogP contribution in [0.5, 0.6) is 0 Å². The zero-order chi connectivity index (χ0) is 14.3. The highest BCUT2D eigenvalue weighted by molar-refractivity contribution is 5.18. The first kappa shape index (κ1) is 14.0. The Morgan fingerprint density at radius 1 is 1.20 bits per heavy atom. The SMILES string of the molecule is CC1(C)CNC(C2CC2)CN1Cc1cc(F)cc(F)c1. The minimum Gasteiger partial charge on any atom is -0.311 e. The summed E-state index contributed by atoms with van der Waals surface area (Å²) in [6, 6.07) is 4.33. The van der Waals surface area contributed by atoms with Crippen LogP contribution in [-0.2, 0) is 6.54 Å². The number of nitrogens with zero attached hydrogens (tertiary/aromatic N) is 1. The maximum Gasteiger partial charge on any atom is 0.126 e. The molecular weight excluding hydrogens is 258 g/mol. The summed E-state index contributed by atoms with van der Waals surface area (Å²) in [5.74, 6) is -0.198. The van der Waals surface area contributed by atoms with Crippen LogP contribution >= 0.6 is 0 Å². The molecule has 110 valence electrons. The Hall–Kier alpha value is -1.00. The van der Waals surface area contributed by atoms with Crippen LogP contribution in [0.25, 0.3) is 0 Å². The summed E-state index contributed by atoms with van der Waals surface area (Å²) in [6.45, 7) is 6.84. The maximum absolute atomic E-state index is 13.3. The highest BCUT2D eigenvalue weighted by atomic mass is 19.1. The first-order valence-electron chi connectivity index (χ1n) is 7.37. The lowest BCUT2D eigenvalue weighted by atomic mass is 9.95. The van der Waals surface area contributed by atoms with Crippen molar-refractivity contribution in [1.82, 2.24) is 10.2 Å². The molecule has 1 unspecified atom stereocenters. The van der Waals surface area contributed by atoms with Gasteiger partial charge < -0.3 is 5.32 Å². The van der Waals surface area contributed by atoms with Crippen molar-refractivity contribution >= 4 is 0 Å². The number of nitrogens with one attached hydrogen (secondary N) is 1. The molecule has 0 radical (unpaired) electrons. The van der Waals surface area contributed by atoms with Crippen LogP contribution < -0.4 is 5.32 Å². The van der Waals surface area contributed by atoms with E-state index in [1.807, 2.05) is 0 Å². The van der Waals surface area contributed by atoms with Gasteiger partial charge in [0.2, 0.25) is 0 Å². The quantitative estimate of drug-likeness (QED) is 0.916. The zero-order valence-corrected chi connectivity index (χ0v) is 12.1. The van der Waals surface area contributed by atoms with Crippen molar-refractivity contribution in [2.75, 3.05) is 13.1 Å². The Morgan fingerprint density at radius 2 is 1.85 bits per heavy atom. The van der Waals surface area contributed by atoms with E-state index in [1.165, 1.54) is 25.0 Å². The molecule has 1 N–H and O–H groups in total. The van der Waals surface area contributed by atoms with Gasteiger partial charge in [-0.05, 0) is 50.3 Å². The summed E-state index contributed by atoms with van der Waals surface area (Å²) >= 11 is 0. The number of piperazine rings is 1. The van der Waals surface area contributed by atoms with Gasteiger partial charge in [0.15, 0.2) is 0 Å². The standard InChI is InChI=1S/C16H22F2N2/c1-16(2)10-19-15(12-3-4-12)9-20(16)8-11-5-13(17)7-14(18)6-11/h5-7,12,15,19H,3-4,8-10H2,1-2H3. The van der Waals surface area contributed by atoms with Crippen LogP contribution in [0.2, 0.25) is 0 Å². The molecule has 1 saturated heterocycles. The molecule has 0 amide bonds. The molecule has 1 atom stereocenters. The molecule has 1 aliphatic heterocycles. The van der Waals surface area contributed by atoms with E-state index in [2.05, 4.69) is 24.1 Å². The van der Waals surface area contributed by atoms with Crippen LogP contribution in [0.3, 0.4) is 0 Å². The van der Waals surface area contributed by atoms with Crippen LogP contribution in [0.1, 0.15) is 32.3 Å². The van der Waals surface area contributed by atoms with E-state index in [9.17, 15) is 8.78 Å². The van der Waals surface area contributed by atoms with Gasteiger partial charge >= 0.3 is 0 Å². The number of rotatable bonds is 3. The van der Waals surface area contributed by atoms with E-state index >= 15 is 0 Å². The van der Waals surface area contributed by atoms with E-state index in [0.717, 1.165) is 25.1 Å². The molecule has 2 fully saturated rings.